The molecule has 0 atom stereocenters. The van der Waals surface area contributed by atoms with Gasteiger partial charge in [0.05, 0.1) is 0 Å². The highest BCUT2D eigenvalue weighted by Gasteiger charge is 2.04. The number of hydrogen-bond acceptors (Lipinski definition) is 2. The van der Waals surface area contributed by atoms with Gasteiger partial charge >= 0.3 is 6.03 Å². The molecule has 5 nitrogen and oxygen atoms in total. The van der Waals surface area contributed by atoms with Crippen LogP contribution in [0.5, 0.6) is 0 Å². The molecule has 0 unspecified atom stereocenters. The van der Waals surface area contributed by atoms with E-state index in [1.807, 2.05) is 31.2 Å². The lowest BCUT2D eigenvalue weighted by Crippen LogP contribution is -2.19. The maximum absolute atomic E-state index is 11.8. The Bertz CT molecular complexity index is 619. The van der Waals surface area contributed by atoms with Crippen molar-refractivity contribution in [1.82, 2.24) is 0 Å². The first-order chi connectivity index (χ1) is 9.54. The van der Waals surface area contributed by atoms with Gasteiger partial charge in [0.2, 0.25) is 5.91 Å². The SMILES string of the molecule is Cc1ccc(NC(=O)Nc2ccc(C(N)=O)cc2)cc1. The fraction of sp³-hybridized carbons (Fsp3) is 0.0667. The van der Waals surface area contributed by atoms with E-state index in [2.05, 4.69) is 10.6 Å². The quantitative estimate of drug-likeness (QED) is 0.800. The summed E-state index contributed by atoms with van der Waals surface area (Å²) >= 11 is 0. The highest BCUT2D eigenvalue weighted by Crippen LogP contribution is 2.12. The Kier molecular flexibility index (Phi) is 4.00. The maximum atomic E-state index is 11.8. The predicted molar refractivity (Wildman–Crippen MR) is 78.8 cm³/mol. The van der Waals surface area contributed by atoms with E-state index in [4.69, 9.17) is 5.73 Å². The number of aryl methyl sites for hydroxylation is 1. The number of carbonyl (C=O) groups is 2. The molecule has 5 heteroatoms. The summed E-state index contributed by atoms with van der Waals surface area (Å²) in [6, 6.07) is 13.5. The molecule has 0 heterocycles. The van der Waals surface area contributed by atoms with Gasteiger partial charge in [0, 0.05) is 16.9 Å². The summed E-state index contributed by atoms with van der Waals surface area (Å²) in [5, 5.41) is 5.38. The number of nitrogens with two attached hydrogens (primary N) is 1. The van der Waals surface area contributed by atoms with Crippen LogP contribution in [0.2, 0.25) is 0 Å². The fourth-order valence-corrected chi connectivity index (χ4v) is 1.65. The van der Waals surface area contributed by atoms with Crippen molar-refractivity contribution in [3.05, 3.63) is 59.7 Å². The molecule has 2 aromatic carbocycles. The van der Waals surface area contributed by atoms with Crippen molar-refractivity contribution in [3.63, 3.8) is 0 Å². The van der Waals surface area contributed by atoms with Gasteiger partial charge in [0.1, 0.15) is 0 Å². The first-order valence-electron chi connectivity index (χ1n) is 6.09. The molecule has 0 spiro atoms. The molecular formula is C15H15N3O2. The minimum absolute atomic E-state index is 0.347. The van der Waals surface area contributed by atoms with Crippen molar-refractivity contribution < 1.29 is 9.59 Å². The zero-order valence-electron chi connectivity index (χ0n) is 11.0. The van der Waals surface area contributed by atoms with Crippen LogP contribution in [0.4, 0.5) is 16.2 Å². The van der Waals surface area contributed by atoms with E-state index in [9.17, 15) is 9.59 Å². The van der Waals surface area contributed by atoms with Crippen molar-refractivity contribution in [2.75, 3.05) is 10.6 Å². The molecule has 4 N–H and O–H groups in total. The number of carbonyl (C=O) groups excluding carboxylic acids is 2. The van der Waals surface area contributed by atoms with Gasteiger partial charge in [-0.15, -0.1) is 0 Å². The van der Waals surface area contributed by atoms with Crippen molar-refractivity contribution in [2.24, 2.45) is 5.73 Å². The number of amides is 3. The standard InChI is InChI=1S/C15H15N3O2/c1-10-2-6-12(7-3-10)17-15(20)18-13-8-4-11(5-9-13)14(16)19/h2-9H,1H3,(H2,16,19)(H2,17,18,20). The minimum atomic E-state index is -0.499. The molecule has 0 aliphatic heterocycles. The molecular weight excluding hydrogens is 254 g/mol. The van der Waals surface area contributed by atoms with Crippen LogP contribution in [0, 0.1) is 6.92 Å². The third kappa shape index (κ3) is 3.58. The van der Waals surface area contributed by atoms with Gasteiger partial charge in [0.25, 0.3) is 0 Å². The van der Waals surface area contributed by atoms with Crippen molar-refractivity contribution in [3.8, 4) is 0 Å². The van der Waals surface area contributed by atoms with Crippen LogP contribution in [0.3, 0.4) is 0 Å². The Labute approximate surface area is 116 Å². The highest BCUT2D eigenvalue weighted by molar-refractivity contribution is 6.00. The zero-order chi connectivity index (χ0) is 14.5. The van der Waals surface area contributed by atoms with Gasteiger partial charge in [-0.1, -0.05) is 17.7 Å². The summed E-state index contributed by atoms with van der Waals surface area (Å²) in [5.74, 6) is -0.499. The topological polar surface area (TPSA) is 84.2 Å². The molecule has 0 aliphatic carbocycles. The van der Waals surface area contributed by atoms with Crippen molar-refractivity contribution in [2.45, 2.75) is 6.92 Å². The Morgan fingerprint density at radius 1 is 0.850 bits per heavy atom. The van der Waals surface area contributed by atoms with E-state index in [1.54, 1.807) is 24.3 Å². The average Bonchev–Trinajstić information content (AvgIpc) is 2.42. The van der Waals surface area contributed by atoms with E-state index in [0.717, 1.165) is 5.56 Å². The second-order valence-corrected chi connectivity index (χ2v) is 4.39. The predicted octanol–water partition coefficient (Wildman–Crippen LogP) is 2.74. The second-order valence-electron chi connectivity index (χ2n) is 4.39. The van der Waals surface area contributed by atoms with Gasteiger partial charge in [-0.3, -0.25) is 4.79 Å². The molecule has 2 aromatic rings. The third-order valence-corrected chi connectivity index (χ3v) is 2.74. The van der Waals surface area contributed by atoms with Crippen LogP contribution in [0.15, 0.2) is 48.5 Å². The summed E-state index contributed by atoms with van der Waals surface area (Å²) in [5.41, 5.74) is 7.95. The molecule has 0 fully saturated rings. The first kappa shape index (κ1) is 13.6. The van der Waals surface area contributed by atoms with Crippen LogP contribution in [0.25, 0.3) is 0 Å². The molecule has 0 aliphatic rings. The molecule has 0 saturated heterocycles. The molecule has 0 bridgehead atoms. The molecule has 2 rings (SSSR count). The molecule has 0 saturated carbocycles. The van der Waals surface area contributed by atoms with Crippen molar-refractivity contribution in [1.29, 1.82) is 0 Å². The van der Waals surface area contributed by atoms with E-state index < -0.39 is 5.91 Å². The number of primary amides is 1. The van der Waals surface area contributed by atoms with E-state index in [1.165, 1.54) is 0 Å². The Morgan fingerprint density at radius 2 is 1.30 bits per heavy atom. The summed E-state index contributed by atoms with van der Waals surface area (Å²) in [7, 11) is 0. The van der Waals surface area contributed by atoms with Crippen LogP contribution in [0.1, 0.15) is 15.9 Å². The number of urea groups is 1. The number of rotatable bonds is 3. The van der Waals surface area contributed by atoms with Crippen LogP contribution >= 0.6 is 0 Å². The van der Waals surface area contributed by atoms with Gasteiger partial charge in [-0.25, -0.2) is 4.79 Å². The maximum Gasteiger partial charge on any atom is 0.323 e. The van der Waals surface area contributed by atoms with Gasteiger partial charge in [-0.2, -0.15) is 0 Å². The van der Waals surface area contributed by atoms with E-state index in [0.29, 0.717) is 16.9 Å². The van der Waals surface area contributed by atoms with Crippen LogP contribution in [-0.4, -0.2) is 11.9 Å². The molecule has 0 aromatic heterocycles. The lowest BCUT2D eigenvalue weighted by Gasteiger charge is -2.08. The average molecular weight is 269 g/mol. The van der Waals surface area contributed by atoms with Crippen molar-refractivity contribution >= 4 is 23.3 Å². The molecule has 20 heavy (non-hydrogen) atoms. The van der Waals surface area contributed by atoms with Crippen LogP contribution < -0.4 is 16.4 Å². The highest BCUT2D eigenvalue weighted by atomic mass is 16.2. The monoisotopic (exact) mass is 269 g/mol. The molecule has 102 valence electrons. The van der Waals surface area contributed by atoms with Gasteiger partial charge < -0.3 is 16.4 Å². The second kappa shape index (κ2) is 5.88. The largest absolute Gasteiger partial charge is 0.366 e. The summed E-state index contributed by atoms with van der Waals surface area (Å²) in [4.78, 5) is 22.7. The minimum Gasteiger partial charge on any atom is -0.366 e. The number of benzene rings is 2. The van der Waals surface area contributed by atoms with E-state index >= 15 is 0 Å². The summed E-state index contributed by atoms with van der Waals surface area (Å²) in [6.07, 6.45) is 0. The van der Waals surface area contributed by atoms with Crippen LogP contribution in [-0.2, 0) is 0 Å². The number of nitrogens with one attached hydrogen (secondary N) is 2. The third-order valence-electron chi connectivity index (χ3n) is 2.74. The number of hydrogen-bond donors (Lipinski definition) is 3. The Morgan fingerprint density at radius 3 is 1.75 bits per heavy atom. The Hall–Kier alpha value is -2.82. The number of anilines is 2. The molecule has 3 amide bonds. The fourth-order valence-electron chi connectivity index (χ4n) is 1.65. The lowest BCUT2D eigenvalue weighted by atomic mass is 10.2. The lowest BCUT2D eigenvalue weighted by molar-refractivity contribution is 0.100. The van der Waals surface area contributed by atoms with Gasteiger partial charge in [0.15, 0.2) is 0 Å². The first-order valence-corrected chi connectivity index (χ1v) is 6.09. The van der Waals surface area contributed by atoms with Gasteiger partial charge in [-0.05, 0) is 43.3 Å². The molecule has 0 radical (unpaired) electrons. The Balaban J connectivity index is 1.97. The van der Waals surface area contributed by atoms with E-state index in [-0.39, 0.29) is 6.03 Å². The summed E-state index contributed by atoms with van der Waals surface area (Å²) < 4.78 is 0. The smallest absolute Gasteiger partial charge is 0.323 e. The normalized spacial score (nSPS) is 9.85. The zero-order valence-corrected chi connectivity index (χ0v) is 11.0. The summed E-state index contributed by atoms with van der Waals surface area (Å²) in [6.45, 7) is 1.98.